The number of carbonyl (C=O) groups excluding carboxylic acids is 1. The Morgan fingerprint density at radius 1 is 0.960 bits per heavy atom. The summed E-state index contributed by atoms with van der Waals surface area (Å²) in [6.45, 7) is 6.71. The minimum atomic E-state index is -0.399. The Labute approximate surface area is 146 Å². The summed E-state index contributed by atoms with van der Waals surface area (Å²) in [6.07, 6.45) is 0. The number of nitrogens with zero attached hydrogens (tertiary/aromatic N) is 3. The van der Waals surface area contributed by atoms with Crippen molar-refractivity contribution in [3.05, 3.63) is 69.3 Å². The van der Waals surface area contributed by atoms with Gasteiger partial charge in [-0.05, 0) is 38.1 Å². The molecule has 6 heteroatoms. The van der Waals surface area contributed by atoms with Crippen molar-refractivity contribution >= 4 is 17.3 Å². The molecule has 1 aliphatic heterocycles. The number of nitro benzene ring substituents is 1. The third-order valence-electron chi connectivity index (χ3n) is 4.46. The quantitative estimate of drug-likeness (QED) is 0.636. The normalized spacial score (nSPS) is 14.5. The number of amides is 1. The number of non-ortho nitro benzene ring substituents is 1. The van der Waals surface area contributed by atoms with Crippen molar-refractivity contribution in [2.45, 2.75) is 13.8 Å². The Hall–Kier alpha value is -2.89. The number of hydrogen-bond acceptors (Lipinski definition) is 4. The van der Waals surface area contributed by atoms with Crippen molar-refractivity contribution in [2.75, 3.05) is 31.1 Å². The van der Waals surface area contributed by atoms with Crippen molar-refractivity contribution < 1.29 is 9.72 Å². The molecular formula is C19H21N3O3. The fraction of sp³-hybridized carbons (Fsp3) is 0.316. The third-order valence-corrected chi connectivity index (χ3v) is 4.46. The van der Waals surface area contributed by atoms with Crippen LogP contribution in [0.5, 0.6) is 0 Å². The number of carbonyl (C=O) groups is 1. The summed E-state index contributed by atoms with van der Waals surface area (Å²) in [5.41, 5.74) is 3.96. The van der Waals surface area contributed by atoms with Gasteiger partial charge in [0.2, 0.25) is 0 Å². The van der Waals surface area contributed by atoms with E-state index in [1.807, 2.05) is 30.9 Å². The SMILES string of the molecule is Cc1cc(C)cc(C(=O)N2CCN(c3ccc([N+](=O)[O-])cc3)CC2)c1. The Morgan fingerprint density at radius 3 is 2.04 bits per heavy atom. The zero-order valence-corrected chi connectivity index (χ0v) is 14.4. The largest absolute Gasteiger partial charge is 0.368 e. The summed E-state index contributed by atoms with van der Waals surface area (Å²) in [5, 5.41) is 10.7. The molecule has 1 aliphatic rings. The van der Waals surface area contributed by atoms with Gasteiger partial charge < -0.3 is 9.80 Å². The van der Waals surface area contributed by atoms with Crippen LogP contribution in [0.3, 0.4) is 0 Å². The number of nitro groups is 1. The molecule has 1 amide bonds. The maximum Gasteiger partial charge on any atom is 0.269 e. The summed E-state index contributed by atoms with van der Waals surface area (Å²) in [4.78, 5) is 27.1. The minimum absolute atomic E-state index is 0.0650. The molecule has 0 saturated carbocycles. The van der Waals surface area contributed by atoms with Gasteiger partial charge in [0, 0.05) is 49.6 Å². The van der Waals surface area contributed by atoms with Crippen LogP contribution in [-0.4, -0.2) is 41.9 Å². The number of aryl methyl sites for hydroxylation is 2. The summed E-state index contributed by atoms with van der Waals surface area (Å²) < 4.78 is 0. The first kappa shape index (κ1) is 17.0. The van der Waals surface area contributed by atoms with Gasteiger partial charge in [-0.25, -0.2) is 0 Å². The van der Waals surface area contributed by atoms with Crippen LogP contribution in [0.2, 0.25) is 0 Å². The van der Waals surface area contributed by atoms with Gasteiger partial charge in [-0.15, -0.1) is 0 Å². The number of piperazine rings is 1. The standard InChI is InChI=1S/C19H21N3O3/c1-14-11-15(2)13-16(12-14)19(23)21-9-7-20(8-10-21)17-3-5-18(6-4-17)22(24)25/h3-6,11-13H,7-10H2,1-2H3. The molecule has 0 bridgehead atoms. The molecule has 1 saturated heterocycles. The summed E-state index contributed by atoms with van der Waals surface area (Å²) in [6, 6.07) is 12.5. The first-order valence-corrected chi connectivity index (χ1v) is 8.31. The van der Waals surface area contributed by atoms with Crippen LogP contribution in [0.1, 0.15) is 21.5 Å². The van der Waals surface area contributed by atoms with Crippen LogP contribution >= 0.6 is 0 Å². The van der Waals surface area contributed by atoms with Crippen molar-refractivity contribution in [2.24, 2.45) is 0 Å². The molecule has 0 unspecified atom stereocenters. The van der Waals surface area contributed by atoms with Crippen molar-refractivity contribution in [3.63, 3.8) is 0 Å². The molecule has 2 aromatic carbocycles. The molecule has 1 heterocycles. The van der Waals surface area contributed by atoms with Gasteiger partial charge in [0.25, 0.3) is 11.6 Å². The van der Waals surface area contributed by atoms with E-state index in [0.29, 0.717) is 26.2 Å². The van der Waals surface area contributed by atoms with E-state index in [1.54, 1.807) is 12.1 Å². The van der Waals surface area contributed by atoms with Crippen molar-refractivity contribution in [1.29, 1.82) is 0 Å². The van der Waals surface area contributed by atoms with Crippen LogP contribution in [0.4, 0.5) is 11.4 Å². The fourth-order valence-corrected chi connectivity index (χ4v) is 3.23. The lowest BCUT2D eigenvalue weighted by Gasteiger charge is -2.36. The zero-order chi connectivity index (χ0) is 18.0. The van der Waals surface area contributed by atoms with Crippen molar-refractivity contribution in [3.8, 4) is 0 Å². The van der Waals surface area contributed by atoms with E-state index in [9.17, 15) is 14.9 Å². The van der Waals surface area contributed by atoms with Gasteiger partial charge in [0.05, 0.1) is 4.92 Å². The van der Waals surface area contributed by atoms with E-state index in [0.717, 1.165) is 22.4 Å². The highest BCUT2D eigenvalue weighted by molar-refractivity contribution is 5.94. The third kappa shape index (κ3) is 3.79. The average Bonchev–Trinajstić information content (AvgIpc) is 2.60. The van der Waals surface area contributed by atoms with Crippen LogP contribution in [0.25, 0.3) is 0 Å². The first-order chi connectivity index (χ1) is 11.9. The topological polar surface area (TPSA) is 66.7 Å². The molecule has 2 aromatic rings. The van der Waals surface area contributed by atoms with Crippen LogP contribution < -0.4 is 4.90 Å². The highest BCUT2D eigenvalue weighted by atomic mass is 16.6. The fourth-order valence-electron chi connectivity index (χ4n) is 3.23. The number of benzene rings is 2. The second-order valence-electron chi connectivity index (χ2n) is 6.43. The summed E-state index contributed by atoms with van der Waals surface area (Å²) in [5.74, 6) is 0.0650. The van der Waals surface area contributed by atoms with E-state index in [1.165, 1.54) is 12.1 Å². The number of anilines is 1. The van der Waals surface area contributed by atoms with Crippen LogP contribution in [-0.2, 0) is 0 Å². The second kappa shape index (κ2) is 6.93. The molecule has 0 atom stereocenters. The first-order valence-electron chi connectivity index (χ1n) is 8.31. The van der Waals surface area contributed by atoms with Gasteiger partial charge >= 0.3 is 0 Å². The van der Waals surface area contributed by atoms with Crippen LogP contribution in [0.15, 0.2) is 42.5 Å². The molecule has 3 rings (SSSR count). The highest BCUT2D eigenvalue weighted by Crippen LogP contribution is 2.21. The number of hydrogen-bond donors (Lipinski definition) is 0. The lowest BCUT2D eigenvalue weighted by molar-refractivity contribution is -0.384. The molecular weight excluding hydrogens is 318 g/mol. The molecule has 0 aromatic heterocycles. The molecule has 25 heavy (non-hydrogen) atoms. The average molecular weight is 339 g/mol. The lowest BCUT2D eigenvalue weighted by Crippen LogP contribution is -2.48. The van der Waals surface area contributed by atoms with E-state index in [4.69, 9.17) is 0 Å². The van der Waals surface area contributed by atoms with Gasteiger partial charge in [-0.2, -0.15) is 0 Å². The zero-order valence-electron chi connectivity index (χ0n) is 14.4. The Bertz CT molecular complexity index is 774. The van der Waals surface area contributed by atoms with Gasteiger partial charge in [-0.3, -0.25) is 14.9 Å². The predicted molar refractivity (Wildman–Crippen MR) is 97.1 cm³/mol. The van der Waals surface area contributed by atoms with E-state index in [-0.39, 0.29) is 11.6 Å². The Kier molecular flexibility index (Phi) is 4.70. The highest BCUT2D eigenvalue weighted by Gasteiger charge is 2.23. The number of rotatable bonds is 3. The van der Waals surface area contributed by atoms with E-state index < -0.39 is 4.92 Å². The second-order valence-corrected chi connectivity index (χ2v) is 6.43. The molecule has 0 N–H and O–H groups in total. The Balaban J connectivity index is 1.65. The van der Waals surface area contributed by atoms with Gasteiger partial charge in [-0.1, -0.05) is 17.2 Å². The predicted octanol–water partition coefficient (Wildman–Crippen LogP) is 3.17. The molecule has 0 spiro atoms. The monoisotopic (exact) mass is 339 g/mol. The van der Waals surface area contributed by atoms with Crippen LogP contribution in [0, 0.1) is 24.0 Å². The molecule has 6 nitrogen and oxygen atoms in total. The Morgan fingerprint density at radius 2 is 1.52 bits per heavy atom. The van der Waals surface area contributed by atoms with Crippen molar-refractivity contribution in [1.82, 2.24) is 4.90 Å². The summed E-state index contributed by atoms with van der Waals surface area (Å²) in [7, 11) is 0. The summed E-state index contributed by atoms with van der Waals surface area (Å²) >= 11 is 0. The molecule has 1 fully saturated rings. The molecule has 0 aliphatic carbocycles. The maximum atomic E-state index is 12.7. The smallest absolute Gasteiger partial charge is 0.269 e. The molecule has 0 radical (unpaired) electrons. The minimum Gasteiger partial charge on any atom is -0.368 e. The van der Waals surface area contributed by atoms with Gasteiger partial charge in [0.1, 0.15) is 0 Å². The van der Waals surface area contributed by atoms with Gasteiger partial charge in [0.15, 0.2) is 0 Å². The van der Waals surface area contributed by atoms with E-state index in [2.05, 4.69) is 11.0 Å². The molecule has 130 valence electrons. The van der Waals surface area contributed by atoms with E-state index >= 15 is 0 Å². The lowest BCUT2D eigenvalue weighted by atomic mass is 10.1. The maximum absolute atomic E-state index is 12.7.